The molecule has 0 amide bonds. The lowest BCUT2D eigenvalue weighted by atomic mass is 9.93. The topological polar surface area (TPSA) is 77.4 Å². The van der Waals surface area contributed by atoms with Crippen molar-refractivity contribution in [2.24, 2.45) is 0 Å². The van der Waals surface area contributed by atoms with Crippen LogP contribution in [0.3, 0.4) is 0 Å². The average Bonchev–Trinajstić information content (AvgIpc) is 2.92. The second-order valence-electron chi connectivity index (χ2n) is 9.80. The maximum Gasteiger partial charge on any atom is 0.161 e. The Morgan fingerprint density at radius 1 is 0.474 bits per heavy atom. The van der Waals surface area contributed by atoms with E-state index in [9.17, 15) is 10.2 Å². The minimum atomic E-state index is 0.0599. The van der Waals surface area contributed by atoms with Crippen LogP contribution in [0.5, 0.6) is 34.5 Å². The minimum Gasteiger partial charge on any atom is -0.504 e. The molecule has 2 N–H and O–H groups in total. The molecule has 0 saturated carbocycles. The summed E-state index contributed by atoms with van der Waals surface area (Å²) in [6.45, 7) is 5.62. The zero-order valence-corrected chi connectivity index (χ0v) is 23.1. The molecule has 38 heavy (non-hydrogen) atoms. The van der Waals surface area contributed by atoms with E-state index < -0.39 is 0 Å². The summed E-state index contributed by atoms with van der Waals surface area (Å²) in [5, 5.41) is 26.6. The molecule has 0 fully saturated rings. The molecule has 0 aromatic heterocycles. The van der Waals surface area contributed by atoms with E-state index >= 15 is 0 Å². The van der Waals surface area contributed by atoms with Crippen molar-refractivity contribution in [3.05, 3.63) is 36.4 Å². The maximum absolute atomic E-state index is 10.7. The highest BCUT2D eigenvalue weighted by Crippen LogP contribution is 2.46. The predicted molar refractivity (Wildman–Crippen MR) is 155 cm³/mol. The molecule has 0 aliphatic rings. The fourth-order valence-electron chi connectivity index (χ4n) is 5.01. The summed E-state index contributed by atoms with van der Waals surface area (Å²) in [4.78, 5) is 0. The molecule has 204 valence electrons. The van der Waals surface area contributed by atoms with Crippen molar-refractivity contribution in [3.63, 3.8) is 0 Å². The number of ether oxygens (including phenoxy) is 4. The van der Waals surface area contributed by atoms with Gasteiger partial charge in [-0.05, 0) is 81.6 Å². The predicted octanol–water partition coefficient (Wildman–Crippen LogP) is 8.49. The van der Waals surface area contributed by atoms with Crippen LogP contribution < -0.4 is 18.9 Å². The summed E-state index contributed by atoms with van der Waals surface area (Å²) in [6, 6.07) is 11.1. The van der Waals surface area contributed by atoms with Gasteiger partial charge in [-0.1, -0.05) is 52.4 Å². The number of rotatable bonds is 14. The molecule has 0 radical (unpaired) electrons. The lowest BCUT2D eigenvalue weighted by Crippen LogP contribution is -2.03. The van der Waals surface area contributed by atoms with E-state index in [-0.39, 0.29) is 11.5 Å². The number of fused-ring (bicyclic) bond motifs is 6. The fraction of sp³-hybridized carbons (Fsp3) is 0.438. The first-order chi connectivity index (χ1) is 18.5. The third kappa shape index (κ3) is 5.79. The Balaban J connectivity index is 1.91. The zero-order chi connectivity index (χ0) is 27.1. The molecular formula is C32H40O6. The van der Waals surface area contributed by atoms with E-state index in [4.69, 9.17) is 18.9 Å². The van der Waals surface area contributed by atoms with Crippen LogP contribution in [-0.2, 0) is 0 Å². The van der Waals surface area contributed by atoms with Crippen molar-refractivity contribution in [3.8, 4) is 34.5 Å². The number of aromatic hydroxyl groups is 2. The van der Waals surface area contributed by atoms with Gasteiger partial charge in [0.2, 0.25) is 0 Å². The molecule has 0 unspecified atom stereocenters. The van der Waals surface area contributed by atoms with Crippen molar-refractivity contribution < 1.29 is 29.2 Å². The Morgan fingerprint density at radius 3 is 1.16 bits per heavy atom. The first-order valence-corrected chi connectivity index (χ1v) is 13.8. The van der Waals surface area contributed by atoms with Crippen LogP contribution >= 0.6 is 0 Å². The number of phenolic OH excluding ortho intramolecular Hbond substituents is 2. The molecule has 4 rings (SSSR count). The average molecular weight is 521 g/mol. The van der Waals surface area contributed by atoms with Crippen molar-refractivity contribution in [1.29, 1.82) is 0 Å². The highest BCUT2D eigenvalue weighted by molar-refractivity contribution is 6.26. The first-order valence-electron chi connectivity index (χ1n) is 13.8. The van der Waals surface area contributed by atoms with Gasteiger partial charge in [0.1, 0.15) is 0 Å². The molecule has 0 spiro atoms. The summed E-state index contributed by atoms with van der Waals surface area (Å²) < 4.78 is 23.4. The standard InChI is InChI=1S/C32H40O6/c1-5-7-9-11-13-37-31-19-25-21-15-27(33)29(35-3)17-23(21)24-18-30(36-4)28(34)16-22(24)26(25)20-32(31)38-14-12-10-8-6-2/h15-20,33-34H,5-14H2,1-4H3. The molecule has 6 nitrogen and oxygen atoms in total. The first kappa shape index (κ1) is 27.5. The summed E-state index contributed by atoms with van der Waals surface area (Å²) in [5.74, 6) is 2.26. The number of methoxy groups -OCH3 is 2. The van der Waals surface area contributed by atoms with Crippen LogP contribution in [0, 0.1) is 0 Å². The van der Waals surface area contributed by atoms with Gasteiger partial charge in [-0.2, -0.15) is 0 Å². The lowest BCUT2D eigenvalue weighted by Gasteiger charge is -2.18. The van der Waals surface area contributed by atoms with Crippen molar-refractivity contribution in [2.45, 2.75) is 65.2 Å². The third-order valence-corrected chi connectivity index (χ3v) is 7.10. The third-order valence-electron chi connectivity index (χ3n) is 7.10. The molecule has 6 heteroatoms. The molecular weight excluding hydrogens is 480 g/mol. The Hall–Kier alpha value is -3.54. The van der Waals surface area contributed by atoms with Gasteiger partial charge >= 0.3 is 0 Å². The lowest BCUT2D eigenvalue weighted by molar-refractivity contribution is 0.259. The number of hydrogen-bond donors (Lipinski definition) is 2. The van der Waals surface area contributed by atoms with Crippen LogP contribution in [0.15, 0.2) is 36.4 Å². The Bertz CT molecular complexity index is 1290. The van der Waals surface area contributed by atoms with Gasteiger partial charge in [-0.25, -0.2) is 0 Å². The van der Waals surface area contributed by atoms with E-state index in [0.717, 1.165) is 58.0 Å². The number of hydrogen-bond acceptors (Lipinski definition) is 6. The van der Waals surface area contributed by atoms with E-state index in [1.807, 2.05) is 24.3 Å². The largest absolute Gasteiger partial charge is 0.504 e. The monoisotopic (exact) mass is 520 g/mol. The van der Waals surface area contributed by atoms with Gasteiger partial charge in [-0.15, -0.1) is 0 Å². The van der Waals surface area contributed by atoms with Crippen LogP contribution in [0.4, 0.5) is 0 Å². The molecule has 0 bridgehead atoms. The SMILES string of the molecule is CCCCCCOc1cc2c3cc(O)c(OC)cc3c3cc(OC)c(O)cc3c2cc1OCCCCCC. The Labute approximate surface area is 225 Å². The zero-order valence-electron chi connectivity index (χ0n) is 23.1. The maximum atomic E-state index is 10.7. The molecule has 0 heterocycles. The van der Waals surface area contributed by atoms with Gasteiger partial charge in [0.15, 0.2) is 34.5 Å². The summed E-state index contributed by atoms with van der Waals surface area (Å²) in [5.41, 5.74) is 0. The molecule has 0 atom stereocenters. The summed E-state index contributed by atoms with van der Waals surface area (Å²) >= 11 is 0. The van der Waals surface area contributed by atoms with Gasteiger partial charge in [0.05, 0.1) is 27.4 Å². The van der Waals surface area contributed by atoms with Crippen molar-refractivity contribution in [2.75, 3.05) is 27.4 Å². The smallest absolute Gasteiger partial charge is 0.161 e. The van der Waals surface area contributed by atoms with Gasteiger partial charge in [-0.3, -0.25) is 0 Å². The second-order valence-corrected chi connectivity index (χ2v) is 9.80. The molecule has 0 aliphatic carbocycles. The number of benzene rings is 4. The van der Waals surface area contributed by atoms with E-state index in [1.165, 1.54) is 39.9 Å². The van der Waals surface area contributed by atoms with Crippen molar-refractivity contribution in [1.82, 2.24) is 0 Å². The van der Waals surface area contributed by atoms with Gasteiger partial charge < -0.3 is 29.2 Å². The second kappa shape index (κ2) is 12.8. The summed E-state index contributed by atoms with van der Waals surface area (Å²) in [7, 11) is 3.07. The Kier molecular flexibility index (Phi) is 9.27. The van der Waals surface area contributed by atoms with Crippen LogP contribution in [0.2, 0.25) is 0 Å². The summed E-state index contributed by atoms with van der Waals surface area (Å²) in [6.07, 6.45) is 8.92. The van der Waals surface area contributed by atoms with Crippen molar-refractivity contribution >= 4 is 32.3 Å². The highest BCUT2D eigenvalue weighted by Gasteiger charge is 2.18. The van der Waals surface area contributed by atoms with E-state index in [2.05, 4.69) is 13.8 Å². The minimum absolute atomic E-state index is 0.0599. The normalized spacial score (nSPS) is 11.4. The molecule has 0 aliphatic heterocycles. The van der Waals surface area contributed by atoms with E-state index in [0.29, 0.717) is 36.2 Å². The van der Waals surface area contributed by atoms with Gasteiger partial charge in [0, 0.05) is 0 Å². The molecule has 0 saturated heterocycles. The van der Waals surface area contributed by atoms with E-state index in [1.54, 1.807) is 12.1 Å². The number of unbranched alkanes of at least 4 members (excludes halogenated alkanes) is 6. The van der Waals surface area contributed by atoms with Crippen LogP contribution in [0.25, 0.3) is 32.3 Å². The van der Waals surface area contributed by atoms with Crippen LogP contribution in [0.1, 0.15) is 65.2 Å². The van der Waals surface area contributed by atoms with Crippen LogP contribution in [-0.4, -0.2) is 37.6 Å². The molecule has 4 aromatic carbocycles. The Morgan fingerprint density at radius 2 is 0.816 bits per heavy atom. The fourth-order valence-corrected chi connectivity index (χ4v) is 5.01. The quantitative estimate of drug-likeness (QED) is 0.128. The number of phenols is 2. The molecule has 4 aromatic rings. The van der Waals surface area contributed by atoms with Gasteiger partial charge in [0.25, 0.3) is 0 Å². The highest BCUT2D eigenvalue weighted by atomic mass is 16.5.